The molecule has 2 aromatic heterocycles. The Balaban J connectivity index is 1.52. The molecule has 3 aromatic rings. The van der Waals surface area contributed by atoms with Gasteiger partial charge in [0.25, 0.3) is 0 Å². The number of benzene rings is 1. The lowest BCUT2D eigenvalue weighted by molar-refractivity contribution is -0.132. The largest absolute Gasteiger partial charge is 0.360 e. The molecule has 0 aliphatic carbocycles. The molecule has 7 heteroatoms. The molecule has 128 valence electrons. The van der Waals surface area contributed by atoms with Gasteiger partial charge in [-0.3, -0.25) is 4.79 Å². The molecular formula is C18H17FN4O2. The number of nitrogens with zero attached hydrogens (tertiary/aromatic N) is 4. The van der Waals surface area contributed by atoms with Gasteiger partial charge >= 0.3 is 0 Å². The van der Waals surface area contributed by atoms with Crippen molar-refractivity contribution in [3.8, 4) is 11.3 Å². The molecular weight excluding hydrogens is 323 g/mol. The summed E-state index contributed by atoms with van der Waals surface area (Å²) >= 11 is 0. The SMILES string of the molecule is O=C(CCn1ccnc1)N1CCc2onc(-c3ccccc3F)c2C1. The van der Waals surface area contributed by atoms with Gasteiger partial charge in [0.1, 0.15) is 17.3 Å². The third-order valence-electron chi connectivity index (χ3n) is 4.45. The Bertz CT molecular complexity index is 888. The Hall–Kier alpha value is -2.96. The zero-order chi connectivity index (χ0) is 17.2. The van der Waals surface area contributed by atoms with E-state index in [-0.39, 0.29) is 11.7 Å². The molecule has 0 unspecified atom stereocenters. The molecule has 0 N–H and O–H groups in total. The molecule has 1 amide bonds. The number of carbonyl (C=O) groups is 1. The van der Waals surface area contributed by atoms with Crippen molar-refractivity contribution in [3.63, 3.8) is 0 Å². The maximum atomic E-state index is 14.1. The minimum atomic E-state index is -0.345. The summed E-state index contributed by atoms with van der Waals surface area (Å²) in [5.74, 6) is 0.444. The van der Waals surface area contributed by atoms with Crippen LogP contribution in [0, 0.1) is 5.82 Å². The van der Waals surface area contributed by atoms with Gasteiger partial charge in [-0.2, -0.15) is 0 Å². The highest BCUT2D eigenvalue weighted by Crippen LogP contribution is 2.31. The molecule has 0 radical (unpaired) electrons. The van der Waals surface area contributed by atoms with Crippen LogP contribution in [0.3, 0.4) is 0 Å². The highest BCUT2D eigenvalue weighted by atomic mass is 19.1. The number of hydrogen-bond donors (Lipinski definition) is 0. The number of hydrogen-bond acceptors (Lipinski definition) is 4. The lowest BCUT2D eigenvalue weighted by atomic mass is 10.0. The maximum Gasteiger partial charge on any atom is 0.224 e. The second-order valence-electron chi connectivity index (χ2n) is 6.03. The first-order valence-corrected chi connectivity index (χ1v) is 8.18. The number of fused-ring (bicyclic) bond motifs is 1. The quantitative estimate of drug-likeness (QED) is 0.732. The van der Waals surface area contributed by atoms with Crippen molar-refractivity contribution in [1.82, 2.24) is 19.6 Å². The first-order valence-electron chi connectivity index (χ1n) is 8.18. The van der Waals surface area contributed by atoms with Crippen molar-refractivity contribution in [2.24, 2.45) is 0 Å². The van der Waals surface area contributed by atoms with Crippen LogP contribution >= 0.6 is 0 Å². The third kappa shape index (κ3) is 3.05. The van der Waals surface area contributed by atoms with E-state index in [1.54, 1.807) is 35.6 Å². The van der Waals surface area contributed by atoms with Gasteiger partial charge in [-0.25, -0.2) is 9.37 Å². The summed E-state index contributed by atoms with van der Waals surface area (Å²) in [4.78, 5) is 18.3. The Morgan fingerprint density at radius 3 is 3.00 bits per heavy atom. The van der Waals surface area contributed by atoms with E-state index in [9.17, 15) is 9.18 Å². The second kappa shape index (κ2) is 6.51. The zero-order valence-electron chi connectivity index (χ0n) is 13.6. The van der Waals surface area contributed by atoms with E-state index in [4.69, 9.17) is 4.52 Å². The number of halogens is 1. The minimum absolute atomic E-state index is 0.0556. The molecule has 0 spiro atoms. The van der Waals surface area contributed by atoms with Crippen LogP contribution in [0.15, 0.2) is 47.5 Å². The monoisotopic (exact) mass is 340 g/mol. The normalized spacial score (nSPS) is 13.7. The minimum Gasteiger partial charge on any atom is -0.360 e. The molecule has 0 atom stereocenters. The highest BCUT2D eigenvalue weighted by Gasteiger charge is 2.28. The van der Waals surface area contributed by atoms with E-state index < -0.39 is 0 Å². The Morgan fingerprint density at radius 2 is 2.20 bits per heavy atom. The summed E-state index contributed by atoms with van der Waals surface area (Å²) < 4.78 is 21.3. The molecule has 0 fully saturated rings. The van der Waals surface area contributed by atoms with Crippen LogP contribution in [0.4, 0.5) is 4.39 Å². The fraction of sp³-hybridized carbons (Fsp3) is 0.278. The van der Waals surface area contributed by atoms with E-state index in [1.807, 2.05) is 10.8 Å². The van der Waals surface area contributed by atoms with Crippen molar-refractivity contribution in [2.75, 3.05) is 6.54 Å². The zero-order valence-corrected chi connectivity index (χ0v) is 13.6. The van der Waals surface area contributed by atoms with Crippen molar-refractivity contribution in [1.29, 1.82) is 0 Å². The summed E-state index contributed by atoms with van der Waals surface area (Å²) in [5.41, 5.74) is 1.69. The third-order valence-corrected chi connectivity index (χ3v) is 4.45. The molecule has 0 saturated carbocycles. The molecule has 1 aliphatic heterocycles. The topological polar surface area (TPSA) is 64.2 Å². The first-order chi connectivity index (χ1) is 12.2. The number of aryl methyl sites for hydroxylation is 1. The Morgan fingerprint density at radius 1 is 1.32 bits per heavy atom. The lowest BCUT2D eigenvalue weighted by Crippen LogP contribution is -2.36. The van der Waals surface area contributed by atoms with Gasteiger partial charge < -0.3 is 14.0 Å². The van der Waals surface area contributed by atoms with Gasteiger partial charge in [-0.15, -0.1) is 0 Å². The molecule has 6 nitrogen and oxygen atoms in total. The van der Waals surface area contributed by atoms with Gasteiger partial charge in [0.05, 0.1) is 12.9 Å². The molecule has 1 aromatic carbocycles. The molecule has 4 rings (SSSR count). The van der Waals surface area contributed by atoms with Crippen molar-refractivity contribution >= 4 is 5.91 Å². The molecule has 25 heavy (non-hydrogen) atoms. The smallest absolute Gasteiger partial charge is 0.224 e. The summed E-state index contributed by atoms with van der Waals surface area (Å²) in [6.07, 6.45) is 6.20. The van der Waals surface area contributed by atoms with E-state index >= 15 is 0 Å². The van der Waals surface area contributed by atoms with Gasteiger partial charge in [0.15, 0.2) is 0 Å². The summed E-state index contributed by atoms with van der Waals surface area (Å²) in [7, 11) is 0. The van der Waals surface area contributed by atoms with Crippen molar-refractivity contribution < 1.29 is 13.7 Å². The first kappa shape index (κ1) is 15.6. The van der Waals surface area contributed by atoms with Gasteiger partial charge in [0, 0.05) is 49.5 Å². The van der Waals surface area contributed by atoms with Gasteiger partial charge in [-0.1, -0.05) is 17.3 Å². The number of aromatic nitrogens is 3. The Labute approximate surface area is 143 Å². The Kier molecular flexibility index (Phi) is 4.05. The van der Waals surface area contributed by atoms with Crippen LogP contribution in [0.2, 0.25) is 0 Å². The predicted octanol–water partition coefficient (Wildman–Crippen LogP) is 2.65. The standard InChI is InChI=1S/C18H17FN4O2/c19-15-4-2-1-3-13(15)18-14-11-23(9-5-16(14)25-21-18)17(24)6-8-22-10-7-20-12-22/h1-4,7,10,12H,5-6,8-9,11H2. The number of carbonyl (C=O) groups excluding carboxylic acids is 1. The van der Waals surface area contributed by atoms with Crippen LogP contribution in [0.1, 0.15) is 17.7 Å². The van der Waals surface area contributed by atoms with E-state index in [0.717, 1.165) is 11.3 Å². The number of rotatable bonds is 4. The highest BCUT2D eigenvalue weighted by molar-refractivity contribution is 5.77. The van der Waals surface area contributed by atoms with Crippen molar-refractivity contribution in [3.05, 3.63) is 60.1 Å². The lowest BCUT2D eigenvalue weighted by Gasteiger charge is -2.26. The van der Waals surface area contributed by atoms with Crippen LogP contribution in [-0.4, -0.2) is 32.1 Å². The average molecular weight is 340 g/mol. The van der Waals surface area contributed by atoms with E-state index in [0.29, 0.717) is 43.7 Å². The molecule has 0 saturated heterocycles. The molecule has 0 bridgehead atoms. The fourth-order valence-corrected chi connectivity index (χ4v) is 3.09. The van der Waals surface area contributed by atoms with Gasteiger partial charge in [0.2, 0.25) is 5.91 Å². The van der Waals surface area contributed by atoms with E-state index in [1.165, 1.54) is 6.07 Å². The summed E-state index contributed by atoms with van der Waals surface area (Å²) in [5, 5.41) is 4.04. The van der Waals surface area contributed by atoms with E-state index in [2.05, 4.69) is 10.1 Å². The number of imidazole rings is 1. The summed E-state index contributed by atoms with van der Waals surface area (Å²) in [6.45, 7) is 1.57. The maximum absolute atomic E-state index is 14.1. The molecule has 1 aliphatic rings. The van der Waals surface area contributed by atoms with Crippen LogP contribution < -0.4 is 0 Å². The predicted molar refractivity (Wildman–Crippen MR) is 87.9 cm³/mol. The van der Waals surface area contributed by atoms with Crippen LogP contribution in [0.5, 0.6) is 0 Å². The fourth-order valence-electron chi connectivity index (χ4n) is 3.09. The number of amides is 1. The second-order valence-corrected chi connectivity index (χ2v) is 6.03. The summed E-state index contributed by atoms with van der Waals surface area (Å²) in [6, 6.07) is 6.47. The van der Waals surface area contributed by atoms with Gasteiger partial charge in [-0.05, 0) is 12.1 Å². The average Bonchev–Trinajstić information content (AvgIpc) is 3.29. The molecule has 3 heterocycles. The van der Waals surface area contributed by atoms with Crippen molar-refractivity contribution in [2.45, 2.75) is 25.9 Å². The van der Waals surface area contributed by atoms with Crippen LogP contribution in [-0.2, 0) is 24.3 Å². The van der Waals surface area contributed by atoms with Crippen LogP contribution in [0.25, 0.3) is 11.3 Å².